The van der Waals surface area contributed by atoms with Crippen molar-refractivity contribution in [2.45, 2.75) is 20.4 Å². The summed E-state index contributed by atoms with van der Waals surface area (Å²) in [6, 6.07) is 12.8. The molecule has 0 fully saturated rings. The van der Waals surface area contributed by atoms with Crippen molar-refractivity contribution >= 4 is 0 Å². The van der Waals surface area contributed by atoms with Crippen LogP contribution in [0.2, 0.25) is 0 Å². The molecule has 0 atom stereocenters. The van der Waals surface area contributed by atoms with E-state index in [1.807, 2.05) is 7.05 Å². The standard InChI is InChI=1S/C17H21NO/c1-12-9-10-16(17(19-4)13(12)2)15-8-6-5-7-14(15)11-18-3/h5-10,18H,11H2,1-4H3. The number of rotatable bonds is 4. The fourth-order valence-corrected chi connectivity index (χ4v) is 2.39. The second-order valence-electron chi connectivity index (χ2n) is 4.78. The van der Waals surface area contributed by atoms with Gasteiger partial charge >= 0.3 is 0 Å². The van der Waals surface area contributed by atoms with Gasteiger partial charge in [-0.2, -0.15) is 0 Å². The van der Waals surface area contributed by atoms with Crippen LogP contribution in [0.1, 0.15) is 16.7 Å². The first kappa shape index (κ1) is 13.6. The zero-order chi connectivity index (χ0) is 13.8. The molecule has 100 valence electrons. The molecule has 0 aliphatic heterocycles. The number of benzene rings is 2. The monoisotopic (exact) mass is 255 g/mol. The second kappa shape index (κ2) is 5.89. The first-order valence-corrected chi connectivity index (χ1v) is 6.56. The number of hydrogen-bond acceptors (Lipinski definition) is 2. The molecule has 0 bridgehead atoms. The molecule has 2 aromatic rings. The summed E-state index contributed by atoms with van der Waals surface area (Å²) in [5.41, 5.74) is 6.14. The average molecular weight is 255 g/mol. The lowest BCUT2D eigenvalue weighted by Gasteiger charge is -2.16. The van der Waals surface area contributed by atoms with Gasteiger partial charge in [-0.3, -0.25) is 0 Å². The predicted molar refractivity (Wildman–Crippen MR) is 80.7 cm³/mol. The molecule has 0 unspecified atom stereocenters. The highest BCUT2D eigenvalue weighted by atomic mass is 16.5. The van der Waals surface area contributed by atoms with E-state index in [1.54, 1.807) is 7.11 Å². The van der Waals surface area contributed by atoms with Crippen molar-refractivity contribution in [3.63, 3.8) is 0 Å². The second-order valence-corrected chi connectivity index (χ2v) is 4.78. The number of ether oxygens (including phenoxy) is 1. The van der Waals surface area contributed by atoms with Gasteiger partial charge in [0, 0.05) is 12.1 Å². The van der Waals surface area contributed by atoms with Crippen molar-refractivity contribution in [3.8, 4) is 16.9 Å². The molecule has 2 heteroatoms. The average Bonchev–Trinajstić information content (AvgIpc) is 2.43. The Balaban J connectivity index is 2.62. The van der Waals surface area contributed by atoms with Gasteiger partial charge in [0.25, 0.3) is 0 Å². The Morgan fingerprint density at radius 2 is 1.74 bits per heavy atom. The maximum absolute atomic E-state index is 5.62. The molecule has 0 amide bonds. The normalized spacial score (nSPS) is 10.5. The van der Waals surface area contributed by atoms with Crippen LogP contribution >= 0.6 is 0 Å². The van der Waals surface area contributed by atoms with E-state index >= 15 is 0 Å². The van der Waals surface area contributed by atoms with E-state index in [2.05, 4.69) is 55.6 Å². The van der Waals surface area contributed by atoms with Crippen LogP contribution in [0, 0.1) is 13.8 Å². The molecule has 0 aromatic heterocycles. The first-order chi connectivity index (χ1) is 9.19. The summed E-state index contributed by atoms with van der Waals surface area (Å²) in [6.45, 7) is 5.08. The summed E-state index contributed by atoms with van der Waals surface area (Å²) in [4.78, 5) is 0. The summed E-state index contributed by atoms with van der Waals surface area (Å²) in [7, 11) is 3.71. The van der Waals surface area contributed by atoms with Gasteiger partial charge in [-0.1, -0.05) is 36.4 Å². The van der Waals surface area contributed by atoms with Crippen molar-refractivity contribution in [1.82, 2.24) is 5.32 Å². The van der Waals surface area contributed by atoms with Crippen LogP contribution in [0.25, 0.3) is 11.1 Å². The Morgan fingerprint density at radius 3 is 2.42 bits per heavy atom. The summed E-state index contributed by atoms with van der Waals surface area (Å²) < 4.78 is 5.62. The Kier molecular flexibility index (Phi) is 4.23. The molecule has 0 heterocycles. The zero-order valence-electron chi connectivity index (χ0n) is 12.1. The van der Waals surface area contributed by atoms with Gasteiger partial charge < -0.3 is 10.1 Å². The topological polar surface area (TPSA) is 21.3 Å². The quantitative estimate of drug-likeness (QED) is 0.899. The van der Waals surface area contributed by atoms with Crippen molar-refractivity contribution < 1.29 is 4.74 Å². The van der Waals surface area contributed by atoms with Crippen molar-refractivity contribution in [1.29, 1.82) is 0 Å². The third-order valence-electron chi connectivity index (χ3n) is 3.56. The summed E-state index contributed by atoms with van der Waals surface area (Å²) in [6.07, 6.45) is 0. The minimum absolute atomic E-state index is 0.853. The Bertz CT molecular complexity index is 575. The molecule has 2 rings (SSSR count). The van der Waals surface area contributed by atoms with Gasteiger partial charge in [-0.15, -0.1) is 0 Å². The van der Waals surface area contributed by atoms with E-state index in [-0.39, 0.29) is 0 Å². The minimum Gasteiger partial charge on any atom is -0.496 e. The minimum atomic E-state index is 0.853. The van der Waals surface area contributed by atoms with Crippen molar-refractivity contribution in [2.24, 2.45) is 0 Å². The number of aryl methyl sites for hydroxylation is 1. The lowest BCUT2D eigenvalue weighted by atomic mass is 9.95. The molecular formula is C17H21NO. The van der Waals surface area contributed by atoms with Crippen LogP contribution in [-0.4, -0.2) is 14.2 Å². The van der Waals surface area contributed by atoms with Crippen molar-refractivity contribution in [2.75, 3.05) is 14.2 Å². The molecule has 0 radical (unpaired) electrons. The highest BCUT2D eigenvalue weighted by Gasteiger charge is 2.12. The van der Waals surface area contributed by atoms with Crippen LogP contribution in [-0.2, 0) is 6.54 Å². The molecule has 0 aliphatic carbocycles. The SMILES string of the molecule is CNCc1ccccc1-c1ccc(C)c(C)c1OC. The molecule has 2 nitrogen and oxygen atoms in total. The van der Waals surface area contributed by atoms with Gasteiger partial charge in [0.2, 0.25) is 0 Å². The molecule has 1 N–H and O–H groups in total. The molecule has 2 aromatic carbocycles. The van der Waals surface area contributed by atoms with Gasteiger partial charge in [-0.05, 0) is 43.1 Å². The Morgan fingerprint density at radius 1 is 1.00 bits per heavy atom. The smallest absolute Gasteiger partial charge is 0.129 e. The number of nitrogens with one attached hydrogen (secondary N) is 1. The highest BCUT2D eigenvalue weighted by molar-refractivity contribution is 5.75. The van der Waals surface area contributed by atoms with Gasteiger partial charge in [0.1, 0.15) is 5.75 Å². The van der Waals surface area contributed by atoms with Crippen LogP contribution in [0.4, 0.5) is 0 Å². The van der Waals surface area contributed by atoms with Crippen LogP contribution in [0.15, 0.2) is 36.4 Å². The predicted octanol–water partition coefficient (Wildman–Crippen LogP) is 3.70. The van der Waals surface area contributed by atoms with Crippen LogP contribution in [0.5, 0.6) is 5.75 Å². The van der Waals surface area contributed by atoms with E-state index in [1.165, 1.54) is 22.3 Å². The van der Waals surface area contributed by atoms with E-state index in [9.17, 15) is 0 Å². The number of methoxy groups -OCH3 is 1. The summed E-state index contributed by atoms with van der Waals surface area (Å²) >= 11 is 0. The summed E-state index contributed by atoms with van der Waals surface area (Å²) in [5.74, 6) is 0.976. The highest BCUT2D eigenvalue weighted by Crippen LogP contribution is 2.36. The summed E-state index contributed by atoms with van der Waals surface area (Å²) in [5, 5.41) is 3.22. The van der Waals surface area contributed by atoms with Crippen molar-refractivity contribution in [3.05, 3.63) is 53.1 Å². The van der Waals surface area contributed by atoms with Gasteiger partial charge in [0.05, 0.1) is 7.11 Å². The fraction of sp³-hybridized carbons (Fsp3) is 0.294. The first-order valence-electron chi connectivity index (χ1n) is 6.56. The van der Waals surface area contributed by atoms with Gasteiger partial charge in [-0.25, -0.2) is 0 Å². The lowest BCUT2D eigenvalue weighted by Crippen LogP contribution is -2.06. The lowest BCUT2D eigenvalue weighted by molar-refractivity contribution is 0.413. The van der Waals surface area contributed by atoms with E-state index < -0.39 is 0 Å². The molecule has 0 saturated carbocycles. The Labute approximate surface area is 115 Å². The largest absolute Gasteiger partial charge is 0.496 e. The van der Waals surface area contributed by atoms with Crippen LogP contribution < -0.4 is 10.1 Å². The third kappa shape index (κ3) is 2.64. The van der Waals surface area contributed by atoms with E-state index in [0.717, 1.165) is 17.9 Å². The van der Waals surface area contributed by atoms with E-state index in [4.69, 9.17) is 4.74 Å². The molecule has 0 spiro atoms. The fourth-order valence-electron chi connectivity index (χ4n) is 2.39. The van der Waals surface area contributed by atoms with Crippen LogP contribution in [0.3, 0.4) is 0 Å². The maximum Gasteiger partial charge on any atom is 0.129 e. The molecule has 0 saturated heterocycles. The van der Waals surface area contributed by atoms with Gasteiger partial charge in [0.15, 0.2) is 0 Å². The molecule has 19 heavy (non-hydrogen) atoms. The maximum atomic E-state index is 5.62. The van der Waals surface area contributed by atoms with E-state index in [0.29, 0.717) is 0 Å². The zero-order valence-corrected chi connectivity index (χ0v) is 12.1. The molecule has 0 aliphatic rings. The number of hydrogen-bond donors (Lipinski definition) is 1. The molecular weight excluding hydrogens is 234 g/mol. The third-order valence-corrected chi connectivity index (χ3v) is 3.56. The Hall–Kier alpha value is -1.80.